The molecule has 0 atom stereocenters. The average molecular weight is 524 g/mol. The number of carbonyl (C=O) groups is 1. The Kier molecular flexibility index (Phi) is 7.97. The number of nitrogens with one attached hydrogen (secondary N) is 3. The zero-order valence-electron chi connectivity index (χ0n) is 19.6. The second-order valence-corrected chi connectivity index (χ2v) is 9.65. The molecule has 0 saturated heterocycles. The van der Waals surface area contributed by atoms with Gasteiger partial charge in [-0.2, -0.15) is 18.2 Å². The van der Waals surface area contributed by atoms with Crippen LogP contribution in [0.4, 0.5) is 42.1 Å². The van der Waals surface area contributed by atoms with Crippen molar-refractivity contribution in [1.29, 1.82) is 0 Å². The van der Waals surface area contributed by atoms with E-state index in [-0.39, 0.29) is 30.6 Å². The van der Waals surface area contributed by atoms with Crippen molar-refractivity contribution in [3.63, 3.8) is 0 Å². The third kappa shape index (κ3) is 6.81. The van der Waals surface area contributed by atoms with Crippen molar-refractivity contribution in [1.82, 2.24) is 15.0 Å². The summed E-state index contributed by atoms with van der Waals surface area (Å²) in [5.41, 5.74) is 0.181. The Morgan fingerprint density at radius 3 is 2.50 bits per heavy atom. The first-order valence-corrected chi connectivity index (χ1v) is 12.5. The lowest BCUT2D eigenvalue weighted by atomic mass is 10.2. The van der Waals surface area contributed by atoms with Gasteiger partial charge in [-0.3, -0.25) is 9.10 Å². The molecule has 0 fully saturated rings. The van der Waals surface area contributed by atoms with Crippen LogP contribution in [-0.4, -0.2) is 42.6 Å². The van der Waals surface area contributed by atoms with Crippen LogP contribution in [0.3, 0.4) is 0 Å². The summed E-state index contributed by atoms with van der Waals surface area (Å²) in [4.78, 5) is 23.4. The normalized spacial score (nSPS) is 11.6. The SMILES string of the molecule is CCC(=O)Nc1cccc(Nc2ncc(C(F)(F)F)c(NCc3cccnc3N(C)S(C)(=O)=O)n2)c1. The second kappa shape index (κ2) is 10.8. The van der Waals surface area contributed by atoms with Crippen LogP contribution in [0, 0.1) is 0 Å². The molecule has 10 nitrogen and oxygen atoms in total. The van der Waals surface area contributed by atoms with Crippen LogP contribution >= 0.6 is 0 Å². The number of benzene rings is 1. The number of rotatable bonds is 9. The smallest absolute Gasteiger partial charge is 0.365 e. The third-order valence-electron chi connectivity index (χ3n) is 4.93. The van der Waals surface area contributed by atoms with Gasteiger partial charge in [0.15, 0.2) is 0 Å². The Bertz CT molecular complexity index is 1350. The minimum absolute atomic E-state index is 0.0689. The first kappa shape index (κ1) is 26.7. The number of pyridine rings is 1. The van der Waals surface area contributed by atoms with Gasteiger partial charge in [-0.15, -0.1) is 0 Å². The molecule has 192 valence electrons. The minimum atomic E-state index is -4.74. The summed E-state index contributed by atoms with van der Waals surface area (Å²) in [7, 11) is -2.35. The summed E-state index contributed by atoms with van der Waals surface area (Å²) in [6, 6.07) is 9.62. The number of sulfonamides is 1. The maximum Gasteiger partial charge on any atom is 0.421 e. The molecule has 3 aromatic rings. The molecule has 1 amide bonds. The molecule has 2 aromatic heterocycles. The predicted octanol–water partition coefficient (Wildman–Crippen LogP) is 3.99. The highest BCUT2D eigenvalue weighted by Gasteiger charge is 2.35. The maximum atomic E-state index is 13.6. The van der Waals surface area contributed by atoms with Gasteiger partial charge in [0.05, 0.1) is 6.26 Å². The molecule has 36 heavy (non-hydrogen) atoms. The summed E-state index contributed by atoms with van der Waals surface area (Å²) >= 11 is 0. The van der Waals surface area contributed by atoms with Gasteiger partial charge in [0.25, 0.3) is 0 Å². The van der Waals surface area contributed by atoms with E-state index in [1.54, 1.807) is 43.3 Å². The number of alkyl halides is 3. The number of hydrogen-bond acceptors (Lipinski definition) is 8. The van der Waals surface area contributed by atoms with Crippen LogP contribution in [0.2, 0.25) is 0 Å². The second-order valence-electron chi connectivity index (χ2n) is 7.63. The zero-order chi connectivity index (χ0) is 26.5. The van der Waals surface area contributed by atoms with Crippen molar-refractivity contribution in [3.05, 3.63) is 59.9 Å². The molecule has 3 rings (SSSR count). The number of anilines is 5. The Balaban J connectivity index is 1.88. The molecule has 2 heterocycles. The Morgan fingerprint density at radius 1 is 1.11 bits per heavy atom. The summed E-state index contributed by atoms with van der Waals surface area (Å²) in [5, 5.41) is 8.13. The molecule has 0 saturated carbocycles. The van der Waals surface area contributed by atoms with Crippen LogP contribution in [0.25, 0.3) is 0 Å². The number of hydrogen-bond donors (Lipinski definition) is 3. The fourth-order valence-electron chi connectivity index (χ4n) is 3.03. The predicted molar refractivity (Wildman–Crippen MR) is 130 cm³/mol. The molecule has 0 bridgehead atoms. The molecule has 0 aliphatic rings. The van der Waals surface area contributed by atoms with Crippen LogP contribution in [0.1, 0.15) is 24.5 Å². The van der Waals surface area contributed by atoms with E-state index in [9.17, 15) is 26.4 Å². The first-order valence-electron chi connectivity index (χ1n) is 10.6. The van der Waals surface area contributed by atoms with Crippen molar-refractivity contribution in [2.24, 2.45) is 0 Å². The van der Waals surface area contributed by atoms with Crippen molar-refractivity contribution < 1.29 is 26.4 Å². The maximum absolute atomic E-state index is 13.6. The van der Waals surface area contributed by atoms with E-state index in [2.05, 4.69) is 30.9 Å². The molecule has 0 radical (unpaired) electrons. The largest absolute Gasteiger partial charge is 0.421 e. The lowest BCUT2D eigenvalue weighted by Gasteiger charge is -2.20. The molecule has 0 aliphatic heterocycles. The Labute approximate surface area is 206 Å². The van der Waals surface area contributed by atoms with Gasteiger partial charge in [-0.1, -0.05) is 19.1 Å². The molecule has 1 aromatic carbocycles. The third-order valence-corrected chi connectivity index (χ3v) is 6.10. The lowest BCUT2D eigenvalue weighted by Crippen LogP contribution is -2.27. The van der Waals surface area contributed by atoms with E-state index < -0.39 is 27.6 Å². The number of halogens is 3. The molecular formula is C22H24F3N7O3S. The molecule has 0 spiro atoms. The Hall–Kier alpha value is -3.94. The van der Waals surface area contributed by atoms with Gasteiger partial charge in [0, 0.05) is 49.3 Å². The van der Waals surface area contributed by atoms with Crippen LogP contribution in [0.5, 0.6) is 0 Å². The highest BCUT2D eigenvalue weighted by atomic mass is 32.2. The topological polar surface area (TPSA) is 129 Å². The highest BCUT2D eigenvalue weighted by Crippen LogP contribution is 2.34. The molecule has 0 unspecified atom stereocenters. The van der Waals surface area contributed by atoms with Gasteiger partial charge < -0.3 is 16.0 Å². The highest BCUT2D eigenvalue weighted by molar-refractivity contribution is 7.92. The van der Waals surface area contributed by atoms with Crippen molar-refractivity contribution >= 4 is 44.9 Å². The van der Waals surface area contributed by atoms with E-state index in [0.29, 0.717) is 23.1 Å². The van der Waals surface area contributed by atoms with E-state index in [1.165, 1.54) is 13.2 Å². The summed E-state index contributed by atoms with van der Waals surface area (Å²) in [6.07, 6.45) is -1.44. The van der Waals surface area contributed by atoms with Crippen LogP contribution in [0.15, 0.2) is 48.8 Å². The lowest BCUT2D eigenvalue weighted by molar-refractivity contribution is -0.137. The first-order chi connectivity index (χ1) is 16.9. The zero-order valence-corrected chi connectivity index (χ0v) is 20.4. The Morgan fingerprint density at radius 2 is 1.83 bits per heavy atom. The van der Waals surface area contributed by atoms with Crippen molar-refractivity contribution in [2.75, 3.05) is 33.6 Å². The van der Waals surface area contributed by atoms with Crippen molar-refractivity contribution in [2.45, 2.75) is 26.1 Å². The summed E-state index contributed by atoms with van der Waals surface area (Å²) in [6.45, 7) is 1.51. The van der Waals surface area contributed by atoms with E-state index >= 15 is 0 Å². The summed E-state index contributed by atoms with van der Waals surface area (Å²) < 4.78 is 65.7. The monoisotopic (exact) mass is 523 g/mol. The van der Waals surface area contributed by atoms with Gasteiger partial charge in [-0.05, 0) is 24.3 Å². The molecule has 0 aliphatic carbocycles. The van der Waals surface area contributed by atoms with Gasteiger partial charge in [0.2, 0.25) is 21.9 Å². The number of carbonyl (C=O) groups excluding carboxylic acids is 1. The molecule has 3 N–H and O–H groups in total. The van der Waals surface area contributed by atoms with Gasteiger partial charge in [0.1, 0.15) is 17.2 Å². The van der Waals surface area contributed by atoms with E-state index in [1.807, 2.05) is 0 Å². The van der Waals surface area contributed by atoms with Crippen LogP contribution in [-0.2, 0) is 27.5 Å². The fourth-order valence-corrected chi connectivity index (χ4v) is 3.50. The van der Waals surface area contributed by atoms with Crippen molar-refractivity contribution in [3.8, 4) is 0 Å². The fraction of sp³-hybridized carbons (Fsp3) is 0.273. The summed E-state index contributed by atoms with van der Waals surface area (Å²) in [5.74, 6) is -0.753. The average Bonchev–Trinajstić information content (AvgIpc) is 2.81. The molecular weight excluding hydrogens is 499 g/mol. The van der Waals surface area contributed by atoms with Gasteiger partial charge in [-0.25, -0.2) is 18.4 Å². The number of amides is 1. The number of nitrogens with zero attached hydrogens (tertiary/aromatic N) is 4. The van der Waals surface area contributed by atoms with E-state index in [4.69, 9.17) is 0 Å². The molecule has 14 heteroatoms. The number of aromatic nitrogens is 3. The van der Waals surface area contributed by atoms with Crippen LogP contribution < -0.4 is 20.3 Å². The van der Waals surface area contributed by atoms with E-state index in [0.717, 1.165) is 10.6 Å². The minimum Gasteiger partial charge on any atom is -0.365 e. The quantitative estimate of drug-likeness (QED) is 0.384. The van der Waals surface area contributed by atoms with Gasteiger partial charge >= 0.3 is 6.18 Å². The standard InChI is InChI=1S/C22H24F3N7O3S/c1-4-18(33)29-15-8-5-9-16(11-15)30-21-28-13-17(22(23,24)25)19(31-21)27-12-14-7-6-10-26-20(14)32(2)36(3,34)35/h5-11,13H,4,12H2,1-3H3,(H,29,33)(H2,27,28,30,31).